The second kappa shape index (κ2) is 5.70. The average Bonchev–Trinajstić information content (AvgIpc) is 2.14. The van der Waals surface area contributed by atoms with Crippen LogP contribution in [0.5, 0.6) is 0 Å². The summed E-state index contributed by atoms with van der Waals surface area (Å²) in [6.45, 7) is 5.50. The lowest BCUT2D eigenvalue weighted by Gasteiger charge is -2.05. The van der Waals surface area contributed by atoms with E-state index in [0.717, 1.165) is 16.8 Å². The van der Waals surface area contributed by atoms with E-state index in [9.17, 15) is 4.79 Å². The summed E-state index contributed by atoms with van der Waals surface area (Å²) in [5, 5.41) is 0.133. The molecule has 1 aromatic heterocycles. The number of nitrogens with two attached hydrogens (primary N) is 1. The number of rotatable bonds is 3. The highest BCUT2D eigenvalue weighted by Crippen LogP contribution is 2.16. The van der Waals surface area contributed by atoms with Crippen molar-refractivity contribution in [1.82, 2.24) is 4.98 Å². The number of thioether (sulfide) groups is 1. The Bertz CT molecular complexity index is 404. The summed E-state index contributed by atoms with van der Waals surface area (Å²) < 4.78 is 0. The third-order valence-corrected chi connectivity index (χ3v) is 2.91. The van der Waals surface area contributed by atoms with Crippen LogP contribution in [0, 0.1) is 13.8 Å². The van der Waals surface area contributed by atoms with Crippen LogP contribution in [0.2, 0.25) is 0 Å². The Labute approximate surface area is 100 Å². The molecule has 0 spiro atoms. The highest BCUT2D eigenvalue weighted by atomic mass is 32.2. The van der Waals surface area contributed by atoms with Gasteiger partial charge in [-0.2, -0.15) is 0 Å². The number of nitrogens with zero attached hydrogens (tertiary/aromatic N) is 1. The van der Waals surface area contributed by atoms with Crippen LogP contribution in [0.1, 0.15) is 23.7 Å². The van der Waals surface area contributed by atoms with Gasteiger partial charge in [-0.1, -0.05) is 23.9 Å². The van der Waals surface area contributed by atoms with E-state index in [1.165, 1.54) is 11.8 Å². The van der Waals surface area contributed by atoms with Gasteiger partial charge in [0.2, 0.25) is 0 Å². The molecule has 16 heavy (non-hydrogen) atoms. The van der Waals surface area contributed by atoms with Crippen molar-refractivity contribution in [2.24, 2.45) is 0 Å². The molecular weight excluding hydrogens is 220 g/mol. The Balaban J connectivity index is 2.77. The summed E-state index contributed by atoms with van der Waals surface area (Å²) in [5.74, 6) is 1.24. The SMILES string of the molecule is CC(=O)SCC=Cc1c(C)cc(N)nc1C. The quantitative estimate of drug-likeness (QED) is 0.876. The molecule has 0 aliphatic heterocycles. The van der Waals surface area contributed by atoms with Gasteiger partial charge in [0.15, 0.2) is 5.12 Å². The minimum atomic E-state index is 0.133. The molecular formula is C12H16N2OS. The number of carbonyl (C=O) groups excluding carboxylic acids is 1. The third-order valence-electron chi connectivity index (χ3n) is 2.14. The normalized spacial score (nSPS) is 10.9. The largest absolute Gasteiger partial charge is 0.384 e. The summed E-state index contributed by atoms with van der Waals surface area (Å²) in [6, 6.07) is 1.85. The minimum absolute atomic E-state index is 0.133. The number of aryl methyl sites for hydroxylation is 2. The van der Waals surface area contributed by atoms with Gasteiger partial charge in [-0.25, -0.2) is 4.98 Å². The number of aromatic nitrogens is 1. The molecule has 1 rings (SSSR count). The molecule has 1 aromatic rings. The van der Waals surface area contributed by atoms with Crippen LogP contribution < -0.4 is 5.73 Å². The fraction of sp³-hybridized carbons (Fsp3) is 0.333. The fourth-order valence-electron chi connectivity index (χ4n) is 1.45. The standard InChI is InChI=1S/C12H16N2OS/c1-8-7-12(13)14-9(2)11(8)5-4-6-16-10(3)15/h4-5,7H,6H2,1-3H3,(H2,13,14). The van der Waals surface area contributed by atoms with Gasteiger partial charge in [0.05, 0.1) is 0 Å². The van der Waals surface area contributed by atoms with Crippen LogP contribution in [0.25, 0.3) is 6.08 Å². The number of nitrogen functional groups attached to an aromatic ring is 1. The molecule has 0 saturated heterocycles. The number of carbonyl (C=O) groups is 1. The molecule has 4 heteroatoms. The van der Waals surface area contributed by atoms with Gasteiger partial charge in [-0.3, -0.25) is 4.79 Å². The van der Waals surface area contributed by atoms with Crippen molar-refractivity contribution in [2.45, 2.75) is 20.8 Å². The summed E-state index contributed by atoms with van der Waals surface area (Å²) >= 11 is 1.29. The maximum atomic E-state index is 10.7. The van der Waals surface area contributed by atoms with E-state index in [0.29, 0.717) is 11.6 Å². The second-order valence-corrected chi connectivity index (χ2v) is 4.76. The summed E-state index contributed by atoms with van der Waals surface area (Å²) in [6.07, 6.45) is 3.96. The molecule has 0 fully saturated rings. The second-order valence-electron chi connectivity index (χ2n) is 3.57. The van der Waals surface area contributed by atoms with Crippen molar-refractivity contribution in [3.63, 3.8) is 0 Å². The third kappa shape index (κ3) is 3.70. The zero-order valence-corrected chi connectivity index (χ0v) is 10.6. The molecule has 0 aliphatic carbocycles. The van der Waals surface area contributed by atoms with E-state index in [1.807, 2.05) is 32.1 Å². The zero-order valence-electron chi connectivity index (χ0n) is 9.78. The van der Waals surface area contributed by atoms with Gasteiger partial charge < -0.3 is 5.73 Å². The summed E-state index contributed by atoms with van der Waals surface area (Å²) in [4.78, 5) is 14.9. The highest BCUT2D eigenvalue weighted by Gasteiger charge is 2.01. The first kappa shape index (κ1) is 12.8. The topological polar surface area (TPSA) is 56.0 Å². The van der Waals surface area contributed by atoms with Crippen LogP contribution in [-0.4, -0.2) is 15.9 Å². The Morgan fingerprint density at radius 2 is 2.25 bits per heavy atom. The lowest BCUT2D eigenvalue weighted by molar-refractivity contribution is -0.109. The van der Waals surface area contributed by atoms with Crippen molar-refractivity contribution in [3.05, 3.63) is 29.0 Å². The van der Waals surface area contributed by atoms with Crippen LogP contribution in [-0.2, 0) is 4.79 Å². The van der Waals surface area contributed by atoms with Gasteiger partial charge in [0.25, 0.3) is 0 Å². The summed E-state index contributed by atoms with van der Waals surface area (Å²) in [7, 11) is 0. The first-order valence-corrected chi connectivity index (χ1v) is 6.03. The lowest BCUT2D eigenvalue weighted by atomic mass is 10.1. The number of anilines is 1. The monoisotopic (exact) mass is 236 g/mol. The van der Waals surface area contributed by atoms with Crippen LogP contribution in [0.4, 0.5) is 5.82 Å². The first-order chi connectivity index (χ1) is 7.50. The molecule has 0 aromatic carbocycles. The van der Waals surface area contributed by atoms with Crippen molar-refractivity contribution in [1.29, 1.82) is 0 Å². The molecule has 86 valence electrons. The Morgan fingerprint density at radius 1 is 1.56 bits per heavy atom. The molecule has 0 unspecified atom stereocenters. The molecule has 3 nitrogen and oxygen atoms in total. The van der Waals surface area contributed by atoms with E-state index in [4.69, 9.17) is 5.73 Å². The minimum Gasteiger partial charge on any atom is -0.384 e. The van der Waals surface area contributed by atoms with Crippen molar-refractivity contribution < 1.29 is 4.79 Å². The predicted octanol–water partition coefficient (Wildman–Crippen LogP) is 2.57. The van der Waals surface area contributed by atoms with Crippen molar-refractivity contribution >= 4 is 28.8 Å². The maximum Gasteiger partial charge on any atom is 0.186 e. The van der Waals surface area contributed by atoms with Gasteiger partial charge >= 0.3 is 0 Å². The molecule has 0 radical (unpaired) electrons. The first-order valence-electron chi connectivity index (χ1n) is 5.04. The van der Waals surface area contributed by atoms with E-state index in [1.54, 1.807) is 6.92 Å². The van der Waals surface area contributed by atoms with E-state index >= 15 is 0 Å². The van der Waals surface area contributed by atoms with E-state index in [-0.39, 0.29) is 5.12 Å². The molecule has 1 heterocycles. The van der Waals surface area contributed by atoms with Crippen LogP contribution >= 0.6 is 11.8 Å². The Hall–Kier alpha value is -1.29. The Kier molecular flexibility index (Phi) is 4.55. The van der Waals surface area contributed by atoms with Gasteiger partial charge in [0.1, 0.15) is 5.82 Å². The van der Waals surface area contributed by atoms with Crippen molar-refractivity contribution in [3.8, 4) is 0 Å². The lowest BCUT2D eigenvalue weighted by Crippen LogP contribution is -1.97. The van der Waals surface area contributed by atoms with Crippen molar-refractivity contribution in [2.75, 3.05) is 11.5 Å². The predicted molar refractivity (Wildman–Crippen MR) is 70.3 cm³/mol. The van der Waals surface area contributed by atoms with Gasteiger partial charge in [0, 0.05) is 18.4 Å². The van der Waals surface area contributed by atoms with Gasteiger partial charge in [-0.05, 0) is 31.0 Å². The molecule has 0 amide bonds. The fourth-order valence-corrected chi connectivity index (χ4v) is 1.88. The molecule has 0 aliphatic rings. The maximum absolute atomic E-state index is 10.7. The van der Waals surface area contributed by atoms with E-state index in [2.05, 4.69) is 4.98 Å². The summed E-state index contributed by atoms with van der Waals surface area (Å²) in [5.41, 5.74) is 8.74. The smallest absolute Gasteiger partial charge is 0.186 e. The Morgan fingerprint density at radius 3 is 2.81 bits per heavy atom. The number of hydrogen-bond acceptors (Lipinski definition) is 4. The zero-order chi connectivity index (χ0) is 12.1. The molecule has 2 N–H and O–H groups in total. The van der Waals surface area contributed by atoms with E-state index < -0.39 is 0 Å². The molecule has 0 atom stereocenters. The van der Waals surface area contributed by atoms with Crippen LogP contribution in [0.15, 0.2) is 12.1 Å². The number of hydrogen-bond donors (Lipinski definition) is 1. The van der Waals surface area contributed by atoms with Crippen LogP contribution in [0.3, 0.4) is 0 Å². The number of pyridine rings is 1. The average molecular weight is 236 g/mol. The highest BCUT2D eigenvalue weighted by molar-refractivity contribution is 8.13. The molecule has 0 saturated carbocycles. The molecule has 0 bridgehead atoms. The van der Waals surface area contributed by atoms with Gasteiger partial charge in [-0.15, -0.1) is 0 Å².